The van der Waals surface area contributed by atoms with E-state index in [2.05, 4.69) is 93.7 Å². The zero-order valence-corrected chi connectivity index (χ0v) is 28.6. The second-order valence-electron chi connectivity index (χ2n) is 16.0. The fraction of sp³-hybridized carbons (Fsp3) is 0.611. The first-order valence-electron chi connectivity index (χ1n) is 15.2. The normalized spacial score (nSPS) is 14.3. The summed E-state index contributed by atoms with van der Waals surface area (Å²) in [5.41, 5.74) is 3.88. The molecule has 0 aliphatic carbocycles. The lowest BCUT2D eigenvalue weighted by Crippen LogP contribution is -2.38. The van der Waals surface area contributed by atoms with E-state index in [-0.39, 0.29) is 33.5 Å². The number of carbonyl (C=O) groups excluding carboxylic acids is 2. The third-order valence-corrected chi connectivity index (χ3v) is 8.01. The van der Waals surface area contributed by atoms with Crippen molar-refractivity contribution in [3.8, 4) is 11.5 Å². The van der Waals surface area contributed by atoms with Gasteiger partial charge in [-0.1, -0.05) is 107 Å². The standard InChI is InChI=1S/C36H56N2O4/c1-21(23-17-25(33(3,4)5)29(39)26(18-23)34(6,7)8)31(41)37-15-16-38-32(42)22(2)24-19-27(35(9,10)11)30(40)28(20-24)36(12,13)14/h17-22,39-40H,15-16H2,1-14H3,(H,37,41)(H,38,42). The van der Waals surface area contributed by atoms with Crippen molar-refractivity contribution in [1.82, 2.24) is 10.6 Å². The van der Waals surface area contributed by atoms with Crippen LogP contribution in [0.3, 0.4) is 0 Å². The molecule has 2 aromatic carbocycles. The molecule has 0 aliphatic heterocycles. The van der Waals surface area contributed by atoms with Gasteiger partial charge in [0.15, 0.2) is 0 Å². The van der Waals surface area contributed by atoms with Crippen LogP contribution in [0, 0.1) is 0 Å². The molecular formula is C36H56N2O4. The second kappa shape index (κ2) is 12.3. The summed E-state index contributed by atoms with van der Waals surface area (Å²) in [6, 6.07) is 7.75. The molecule has 42 heavy (non-hydrogen) atoms. The van der Waals surface area contributed by atoms with Crippen LogP contribution in [-0.4, -0.2) is 35.1 Å². The van der Waals surface area contributed by atoms with Crippen molar-refractivity contribution in [1.29, 1.82) is 0 Å². The van der Waals surface area contributed by atoms with E-state index >= 15 is 0 Å². The first-order chi connectivity index (χ1) is 18.9. The molecular weight excluding hydrogens is 524 g/mol. The Kier molecular flexibility index (Phi) is 10.3. The average Bonchev–Trinajstić information content (AvgIpc) is 2.82. The van der Waals surface area contributed by atoms with Gasteiger partial charge in [0, 0.05) is 13.1 Å². The van der Waals surface area contributed by atoms with E-state index in [0.29, 0.717) is 24.6 Å². The van der Waals surface area contributed by atoms with Gasteiger partial charge < -0.3 is 20.8 Å². The molecule has 2 atom stereocenters. The summed E-state index contributed by atoms with van der Waals surface area (Å²) >= 11 is 0. The second-order valence-corrected chi connectivity index (χ2v) is 16.0. The van der Waals surface area contributed by atoms with Gasteiger partial charge in [-0.05, 0) is 68.9 Å². The Bertz CT molecular complexity index is 1130. The van der Waals surface area contributed by atoms with Gasteiger partial charge in [-0.15, -0.1) is 0 Å². The van der Waals surface area contributed by atoms with Crippen molar-refractivity contribution < 1.29 is 19.8 Å². The fourth-order valence-electron chi connectivity index (χ4n) is 5.08. The van der Waals surface area contributed by atoms with Gasteiger partial charge in [0.25, 0.3) is 0 Å². The smallest absolute Gasteiger partial charge is 0.227 e. The van der Waals surface area contributed by atoms with Crippen LogP contribution in [0.25, 0.3) is 0 Å². The Morgan fingerprint density at radius 3 is 0.952 bits per heavy atom. The lowest BCUT2D eigenvalue weighted by atomic mass is 9.77. The number of hydrogen-bond acceptors (Lipinski definition) is 4. The number of hydrogen-bond donors (Lipinski definition) is 4. The van der Waals surface area contributed by atoms with E-state index in [0.717, 1.165) is 33.4 Å². The molecule has 2 unspecified atom stereocenters. The van der Waals surface area contributed by atoms with Crippen molar-refractivity contribution in [2.24, 2.45) is 0 Å². The third-order valence-electron chi connectivity index (χ3n) is 8.01. The number of aromatic hydroxyl groups is 2. The van der Waals surface area contributed by atoms with Crippen molar-refractivity contribution in [3.05, 3.63) is 57.6 Å². The van der Waals surface area contributed by atoms with E-state index in [1.807, 2.05) is 38.1 Å². The Labute approximate surface area is 254 Å². The van der Waals surface area contributed by atoms with Gasteiger partial charge in [0.2, 0.25) is 11.8 Å². The Morgan fingerprint density at radius 2 is 0.762 bits per heavy atom. The quantitative estimate of drug-likeness (QED) is 0.256. The zero-order valence-electron chi connectivity index (χ0n) is 28.6. The fourth-order valence-corrected chi connectivity index (χ4v) is 5.08. The van der Waals surface area contributed by atoms with Gasteiger partial charge in [0.1, 0.15) is 11.5 Å². The molecule has 2 aromatic rings. The Hall–Kier alpha value is -3.02. The van der Waals surface area contributed by atoms with Crippen LogP contribution in [-0.2, 0) is 31.2 Å². The maximum atomic E-state index is 13.1. The number of carbonyl (C=O) groups is 2. The number of benzene rings is 2. The average molecular weight is 581 g/mol. The predicted octanol–water partition coefficient (Wildman–Crippen LogP) is 7.43. The van der Waals surface area contributed by atoms with Crippen LogP contribution in [0.15, 0.2) is 24.3 Å². The van der Waals surface area contributed by atoms with Crippen LogP contribution in [0.1, 0.15) is 142 Å². The summed E-state index contributed by atoms with van der Waals surface area (Å²) in [7, 11) is 0. The summed E-state index contributed by atoms with van der Waals surface area (Å²) in [4.78, 5) is 26.3. The van der Waals surface area contributed by atoms with E-state index in [1.54, 1.807) is 0 Å². The van der Waals surface area contributed by atoms with Gasteiger partial charge in [-0.25, -0.2) is 0 Å². The van der Waals surface area contributed by atoms with Crippen molar-refractivity contribution in [3.63, 3.8) is 0 Å². The molecule has 234 valence electrons. The van der Waals surface area contributed by atoms with Crippen LogP contribution < -0.4 is 10.6 Å². The van der Waals surface area contributed by atoms with Crippen molar-refractivity contribution in [2.45, 2.75) is 130 Å². The van der Waals surface area contributed by atoms with E-state index in [4.69, 9.17) is 0 Å². The highest BCUT2D eigenvalue weighted by atomic mass is 16.3. The molecule has 0 spiro atoms. The summed E-state index contributed by atoms with van der Waals surface area (Å²) in [5, 5.41) is 28.0. The lowest BCUT2D eigenvalue weighted by molar-refractivity contribution is -0.124. The van der Waals surface area contributed by atoms with Gasteiger partial charge in [-0.3, -0.25) is 9.59 Å². The van der Waals surface area contributed by atoms with Crippen LogP contribution >= 0.6 is 0 Å². The van der Waals surface area contributed by atoms with E-state index < -0.39 is 11.8 Å². The highest BCUT2D eigenvalue weighted by molar-refractivity contribution is 5.85. The number of phenols is 2. The molecule has 2 rings (SSSR count). The zero-order chi connectivity index (χ0) is 32.6. The van der Waals surface area contributed by atoms with Gasteiger partial charge >= 0.3 is 0 Å². The maximum absolute atomic E-state index is 13.1. The minimum atomic E-state index is -0.425. The molecule has 0 saturated carbocycles. The number of rotatable bonds is 7. The first-order valence-corrected chi connectivity index (χ1v) is 15.2. The third kappa shape index (κ3) is 8.29. The molecule has 2 amide bonds. The summed E-state index contributed by atoms with van der Waals surface area (Å²) in [6.07, 6.45) is 0. The molecule has 0 aromatic heterocycles. The molecule has 0 bridgehead atoms. The summed E-state index contributed by atoms with van der Waals surface area (Å²) < 4.78 is 0. The molecule has 0 radical (unpaired) electrons. The van der Waals surface area contributed by atoms with Crippen LogP contribution in [0.5, 0.6) is 11.5 Å². The van der Waals surface area contributed by atoms with E-state index in [1.165, 1.54) is 0 Å². The van der Waals surface area contributed by atoms with Gasteiger partial charge in [-0.2, -0.15) is 0 Å². The van der Waals surface area contributed by atoms with Crippen LogP contribution in [0.2, 0.25) is 0 Å². The van der Waals surface area contributed by atoms with Gasteiger partial charge in [0.05, 0.1) is 11.8 Å². The highest BCUT2D eigenvalue weighted by Crippen LogP contribution is 2.42. The topological polar surface area (TPSA) is 98.7 Å². The summed E-state index contributed by atoms with van der Waals surface area (Å²) in [5.74, 6) is -0.531. The summed E-state index contributed by atoms with van der Waals surface area (Å²) in [6.45, 7) is 29.0. The monoisotopic (exact) mass is 580 g/mol. The van der Waals surface area contributed by atoms with Crippen molar-refractivity contribution in [2.75, 3.05) is 13.1 Å². The number of amides is 2. The SMILES string of the molecule is CC(C(=O)NCCNC(=O)C(C)c1cc(C(C)(C)C)c(O)c(C(C)(C)C)c1)c1cc(C(C)(C)C)c(O)c(C(C)(C)C)c1. The van der Waals surface area contributed by atoms with Crippen molar-refractivity contribution >= 4 is 11.8 Å². The largest absolute Gasteiger partial charge is 0.507 e. The Morgan fingerprint density at radius 1 is 0.548 bits per heavy atom. The molecule has 0 aliphatic rings. The molecule has 6 heteroatoms. The number of phenolic OH excluding ortho intramolecular Hbond substituents is 2. The molecule has 0 fully saturated rings. The minimum Gasteiger partial charge on any atom is -0.507 e. The minimum absolute atomic E-state index is 0.133. The first kappa shape index (κ1) is 35.2. The molecule has 6 nitrogen and oxygen atoms in total. The molecule has 0 saturated heterocycles. The number of nitrogens with one attached hydrogen (secondary N) is 2. The lowest BCUT2D eigenvalue weighted by Gasteiger charge is -2.29. The Balaban J connectivity index is 2.15. The maximum Gasteiger partial charge on any atom is 0.227 e. The molecule has 0 heterocycles. The predicted molar refractivity (Wildman–Crippen MR) is 174 cm³/mol. The highest BCUT2D eigenvalue weighted by Gasteiger charge is 2.30. The van der Waals surface area contributed by atoms with E-state index in [9.17, 15) is 19.8 Å². The molecule has 4 N–H and O–H groups in total. The van der Waals surface area contributed by atoms with Crippen LogP contribution in [0.4, 0.5) is 0 Å².